The van der Waals surface area contributed by atoms with Crippen molar-refractivity contribution in [2.75, 3.05) is 6.54 Å². The van der Waals surface area contributed by atoms with E-state index in [0.717, 1.165) is 6.54 Å². The van der Waals surface area contributed by atoms with Gasteiger partial charge in [-0.25, -0.2) is 0 Å². The Balaban J connectivity index is 2.48. The summed E-state index contributed by atoms with van der Waals surface area (Å²) < 4.78 is 0. The summed E-state index contributed by atoms with van der Waals surface area (Å²) in [5.41, 5.74) is 0. The summed E-state index contributed by atoms with van der Waals surface area (Å²) in [7, 11) is 0. The fourth-order valence-corrected chi connectivity index (χ4v) is 3.86. The first kappa shape index (κ1) is 16.5. The Labute approximate surface area is 121 Å². The van der Waals surface area contributed by atoms with Crippen molar-refractivity contribution in [3.05, 3.63) is 0 Å². The van der Waals surface area contributed by atoms with Gasteiger partial charge in [-0.3, -0.25) is 4.90 Å². The lowest BCUT2D eigenvalue weighted by atomic mass is 9.84. The van der Waals surface area contributed by atoms with Crippen LogP contribution in [0.4, 0.5) is 0 Å². The lowest BCUT2D eigenvalue weighted by Gasteiger charge is -2.36. The van der Waals surface area contributed by atoms with Crippen LogP contribution in [0.2, 0.25) is 0 Å². The smallest absolute Gasteiger partial charge is 0.0705 e. The second-order valence-electron chi connectivity index (χ2n) is 6.29. The highest BCUT2D eigenvalue weighted by molar-refractivity contribution is 9.09. The van der Waals surface area contributed by atoms with E-state index in [9.17, 15) is 5.11 Å². The van der Waals surface area contributed by atoms with Crippen LogP contribution in [0.3, 0.4) is 0 Å². The zero-order valence-corrected chi connectivity index (χ0v) is 14.0. The van der Waals surface area contributed by atoms with Crippen LogP contribution in [-0.4, -0.2) is 39.6 Å². The first-order valence-electron chi connectivity index (χ1n) is 7.51. The van der Waals surface area contributed by atoms with Crippen molar-refractivity contribution in [1.82, 2.24) is 4.90 Å². The van der Waals surface area contributed by atoms with Crippen LogP contribution in [0, 0.1) is 5.92 Å². The zero-order chi connectivity index (χ0) is 13.7. The Hall–Kier alpha value is 0.400. The molecule has 1 aliphatic carbocycles. The lowest BCUT2D eigenvalue weighted by Crippen LogP contribution is -2.45. The van der Waals surface area contributed by atoms with Gasteiger partial charge in [0.1, 0.15) is 0 Å². The minimum absolute atomic E-state index is 0.190. The Morgan fingerprint density at radius 2 is 1.56 bits per heavy atom. The number of hydrogen-bond donors (Lipinski definition) is 1. The molecule has 3 heteroatoms. The molecule has 0 aromatic heterocycles. The number of alkyl halides is 1. The van der Waals surface area contributed by atoms with Crippen LogP contribution < -0.4 is 0 Å². The van der Waals surface area contributed by atoms with Gasteiger partial charge in [0.15, 0.2) is 0 Å². The van der Waals surface area contributed by atoms with Gasteiger partial charge in [0.2, 0.25) is 0 Å². The van der Waals surface area contributed by atoms with Gasteiger partial charge in [-0.1, -0.05) is 35.2 Å². The molecule has 0 aromatic rings. The molecule has 1 aliphatic rings. The molecule has 2 atom stereocenters. The number of halogens is 1. The van der Waals surface area contributed by atoms with Gasteiger partial charge in [-0.05, 0) is 46.5 Å². The first-order chi connectivity index (χ1) is 8.43. The van der Waals surface area contributed by atoms with Gasteiger partial charge in [0.05, 0.1) is 10.9 Å². The molecule has 0 radical (unpaired) electrons. The Bertz CT molecular complexity index is 219. The van der Waals surface area contributed by atoms with E-state index >= 15 is 0 Å². The van der Waals surface area contributed by atoms with Crippen LogP contribution in [0.15, 0.2) is 0 Å². The molecule has 1 fully saturated rings. The highest BCUT2D eigenvalue weighted by atomic mass is 79.9. The van der Waals surface area contributed by atoms with E-state index in [1.165, 1.54) is 32.1 Å². The first-order valence-corrected chi connectivity index (χ1v) is 8.43. The average Bonchev–Trinajstić information content (AvgIpc) is 2.35. The minimum Gasteiger partial charge on any atom is -0.392 e. The van der Waals surface area contributed by atoms with Crippen molar-refractivity contribution in [3.63, 3.8) is 0 Å². The van der Waals surface area contributed by atoms with Crippen molar-refractivity contribution >= 4 is 15.9 Å². The molecule has 1 saturated carbocycles. The zero-order valence-electron chi connectivity index (χ0n) is 12.4. The maximum atomic E-state index is 10.5. The molecule has 0 unspecified atom stereocenters. The number of aliphatic hydroxyl groups is 1. The molecule has 0 spiro atoms. The van der Waals surface area contributed by atoms with Crippen LogP contribution in [0.1, 0.15) is 59.8 Å². The minimum atomic E-state index is -0.190. The topological polar surface area (TPSA) is 23.5 Å². The summed E-state index contributed by atoms with van der Waals surface area (Å²) in [6.45, 7) is 9.85. The lowest BCUT2D eigenvalue weighted by molar-refractivity contribution is 0.0638. The van der Waals surface area contributed by atoms with Crippen molar-refractivity contribution in [2.45, 2.75) is 82.8 Å². The second kappa shape index (κ2) is 7.86. The molecular formula is C15H30BrNO. The van der Waals surface area contributed by atoms with Crippen molar-refractivity contribution < 1.29 is 5.11 Å². The van der Waals surface area contributed by atoms with Crippen molar-refractivity contribution in [3.8, 4) is 0 Å². The summed E-state index contributed by atoms with van der Waals surface area (Å²) in [6.07, 6.45) is 6.14. The quantitative estimate of drug-likeness (QED) is 0.752. The largest absolute Gasteiger partial charge is 0.392 e. The molecule has 0 bridgehead atoms. The number of nitrogens with zero attached hydrogens (tertiary/aromatic N) is 1. The van der Waals surface area contributed by atoms with E-state index in [2.05, 4.69) is 48.5 Å². The molecule has 0 aromatic carbocycles. The highest BCUT2D eigenvalue weighted by Gasteiger charge is 2.29. The van der Waals surface area contributed by atoms with Crippen molar-refractivity contribution in [1.29, 1.82) is 0 Å². The van der Waals surface area contributed by atoms with Gasteiger partial charge < -0.3 is 5.11 Å². The fraction of sp³-hybridized carbons (Fsp3) is 1.00. The third-order valence-corrected chi connectivity index (χ3v) is 5.05. The third-order valence-electron chi connectivity index (χ3n) is 4.22. The van der Waals surface area contributed by atoms with E-state index < -0.39 is 0 Å². The van der Waals surface area contributed by atoms with Crippen LogP contribution in [-0.2, 0) is 0 Å². The number of hydrogen-bond acceptors (Lipinski definition) is 2. The van der Waals surface area contributed by atoms with Gasteiger partial charge in [0.25, 0.3) is 0 Å². The third kappa shape index (κ3) is 4.82. The number of aliphatic hydroxyl groups excluding tert-OH is 1. The van der Waals surface area contributed by atoms with E-state index in [4.69, 9.17) is 0 Å². The summed E-state index contributed by atoms with van der Waals surface area (Å²) in [4.78, 5) is 2.65. The van der Waals surface area contributed by atoms with Crippen LogP contribution in [0.25, 0.3) is 0 Å². The maximum absolute atomic E-state index is 10.5. The van der Waals surface area contributed by atoms with Gasteiger partial charge in [-0.15, -0.1) is 0 Å². The molecule has 0 heterocycles. The molecule has 0 aliphatic heterocycles. The molecule has 0 amide bonds. The predicted molar refractivity (Wildman–Crippen MR) is 82.3 cm³/mol. The van der Waals surface area contributed by atoms with E-state index in [1.807, 2.05) is 0 Å². The normalized spacial score (nSPS) is 21.8. The van der Waals surface area contributed by atoms with E-state index in [1.54, 1.807) is 0 Å². The highest BCUT2D eigenvalue weighted by Crippen LogP contribution is 2.30. The monoisotopic (exact) mass is 319 g/mol. The second-order valence-corrected chi connectivity index (χ2v) is 7.47. The van der Waals surface area contributed by atoms with Gasteiger partial charge in [-0.2, -0.15) is 0 Å². The molecule has 1 N–H and O–H groups in total. The Kier molecular flexibility index (Phi) is 7.19. The summed E-state index contributed by atoms with van der Waals surface area (Å²) >= 11 is 3.72. The molecule has 18 heavy (non-hydrogen) atoms. The average molecular weight is 320 g/mol. The summed E-state index contributed by atoms with van der Waals surface area (Å²) in [5, 5.41) is 10.5. The van der Waals surface area contributed by atoms with E-state index in [0.29, 0.717) is 18.0 Å². The van der Waals surface area contributed by atoms with Gasteiger partial charge >= 0.3 is 0 Å². The molecule has 1 rings (SSSR count). The summed E-state index contributed by atoms with van der Waals surface area (Å²) in [6, 6.07) is 1.06. The number of rotatable bonds is 6. The molecule has 108 valence electrons. The standard InChI is InChI=1S/C15H30BrNO/c1-11(2)17(12(3)4)10-14(16)15(18)13-8-6-5-7-9-13/h11-15,18H,5-10H2,1-4H3/t14-,15+/m0/s1. The SMILES string of the molecule is CC(C)N(C[C@H](Br)[C@H](O)C1CCCCC1)C(C)C. The van der Waals surface area contributed by atoms with Gasteiger partial charge in [0, 0.05) is 18.6 Å². The van der Waals surface area contributed by atoms with Crippen molar-refractivity contribution in [2.24, 2.45) is 5.92 Å². The Morgan fingerprint density at radius 1 is 1.06 bits per heavy atom. The van der Waals surface area contributed by atoms with Crippen LogP contribution in [0.5, 0.6) is 0 Å². The predicted octanol–water partition coefficient (Wildman–Crippen LogP) is 3.81. The maximum Gasteiger partial charge on any atom is 0.0705 e. The van der Waals surface area contributed by atoms with Crippen LogP contribution >= 0.6 is 15.9 Å². The molecule has 0 saturated heterocycles. The molecular weight excluding hydrogens is 290 g/mol. The fourth-order valence-electron chi connectivity index (χ4n) is 3.10. The molecule has 2 nitrogen and oxygen atoms in total. The Morgan fingerprint density at radius 3 is 2.00 bits per heavy atom. The van der Waals surface area contributed by atoms with E-state index in [-0.39, 0.29) is 10.9 Å². The summed E-state index contributed by atoms with van der Waals surface area (Å²) in [5.74, 6) is 0.504.